The first-order valence-electron chi connectivity index (χ1n) is 14.7. The Bertz CT molecular complexity index is 1720. The molecule has 0 unspecified atom stereocenters. The van der Waals surface area contributed by atoms with Crippen molar-refractivity contribution < 1.29 is 18.4 Å². The van der Waals surface area contributed by atoms with Crippen molar-refractivity contribution >= 4 is 46.7 Å². The first kappa shape index (κ1) is 31.7. The molecule has 2 aromatic carbocycles. The molecule has 1 aliphatic rings. The van der Waals surface area contributed by atoms with Crippen LogP contribution in [0.3, 0.4) is 0 Å². The van der Waals surface area contributed by atoms with Crippen molar-refractivity contribution in [1.82, 2.24) is 19.9 Å². The van der Waals surface area contributed by atoms with E-state index in [1.165, 1.54) is 12.4 Å². The van der Waals surface area contributed by atoms with Gasteiger partial charge in [-0.05, 0) is 72.4 Å². The van der Waals surface area contributed by atoms with Crippen molar-refractivity contribution in [2.45, 2.75) is 45.6 Å². The Hall–Kier alpha value is -4.70. The molecule has 8 nitrogen and oxygen atoms in total. The Kier molecular flexibility index (Phi) is 10.1. The molecule has 11 heteroatoms. The van der Waals surface area contributed by atoms with Crippen LogP contribution in [0.5, 0.6) is 0 Å². The summed E-state index contributed by atoms with van der Waals surface area (Å²) in [6.07, 6.45) is 9.41. The van der Waals surface area contributed by atoms with Gasteiger partial charge in [0.25, 0.3) is 0 Å². The van der Waals surface area contributed by atoms with E-state index < -0.39 is 11.6 Å². The van der Waals surface area contributed by atoms with E-state index in [0.29, 0.717) is 35.9 Å². The summed E-state index contributed by atoms with van der Waals surface area (Å²) in [6, 6.07) is 13.0. The molecule has 2 N–H and O–H groups in total. The highest BCUT2D eigenvalue weighted by Crippen LogP contribution is 2.37. The maximum Gasteiger partial charge on any atom is 0.247 e. The SMILES string of the molecule is CC(C)CCC[C@@H](c1cc(-c2ccc(Nc3ccncn3)cc2NC=O)ccn1)N1CCC(c2c(F)ccc(Cl)c2F)=CC1=O. The zero-order valence-corrected chi connectivity index (χ0v) is 25.7. The normalized spacial score (nSPS) is 13.9. The molecule has 0 saturated heterocycles. The van der Waals surface area contributed by atoms with Gasteiger partial charge in [0, 0.05) is 36.3 Å². The molecule has 0 bridgehead atoms. The molecule has 0 radical (unpaired) electrons. The number of amides is 2. The van der Waals surface area contributed by atoms with E-state index in [1.807, 2.05) is 24.3 Å². The average molecular weight is 631 g/mol. The van der Waals surface area contributed by atoms with Gasteiger partial charge in [0.2, 0.25) is 12.3 Å². The number of aromatic nitrogens is 3. The van der Waals surface area contributed by atoms with Crippen LogP contribution < -0.4 is 10.6 Å². The second-order valence-corrected chi connectivity index (χ2v) is 11.6. The Morgan fingerprint density at radius 1 is 1.04 bits per heavy atom. The molecule has 2 aromatic heterocycles. The van der Waals surface area contributed by atoms with Gasteiger partial charge >= 0.3 is 0 Å². The maximum atomic E-state index is 14.8. The monoisotopic (exact) mass is 630 g/mol. The summed E-state index contributed by atoms with van der Waals surface area (Å²) in [5.41, 5.74) is 3.55. The predicted molar refractivity (Wildman–Crippen MR) is 172 cm³/mol. The quantitative estimate of drug-likeness (QED) is 0.122. The number of nitrogens with one attached hydrogen (secondary N) is 2. The number of rotatable bonds is 12. The van der Waals surface area contributed by atoms with Gasteiger partial charge in [-0.25, -0.2) is 18.7 Å². The fourth-order valence-electron chi connectivity index (χ4n) is 5.53. The Balaban J connectivity index is 1.47. The second-order valence-electron chi connectivity index (χ2n) is 11.2. The molecule has 5 rings (SSSR count). The molecule has 0 fully saturated rings. The van der Waals surface area contributed by atoms with Crippen LogP contribution in [0.1, 0.15) is 56.8 Å². The van der Waals surface area contributed by atoms with Crippen LogP contribution in [0.15, 0.2) is 73.3 Å². The lowest BCUT2D eigenvalue weighted by molar-refractivity contribution is -0.129. The van der Waals surface area contributed by atoms with Gasteiger partial charge in [-0.15, -0.1) is 0 Å². The number of anilines is 3. The van der Waals surface area contributed by atoms with E-state index >= 15 is 0 Å². The van der Waals surface area contributed by atoms with Crippen molar-refractivity contribution in [3.63, 3.8) is 0 Å². The van der Waals surface area contributed by atoms with Gasteiger partial charge in [-0.2, -0.15) is 0 Å². The van der Waals surface area contributed by atoms with Crippen molar-refractivity contribution in [3.8, 4) is 11.1 Å². The fraction of sp³-hybridized carbons (Fsp3) is 0.265. The lowest BCUT2D eigenvalue weighted by Gasteiger charge is -2.34. The lowest BCUT2D eigenvalue weighted by atomic mass is 9.93. The van der Waals surface area contributed by atoms with E-state index in [1.54, 1.807) is 29.4 Å². The van der Waals surface area contributed by atoms with Gasteiger partial charge in [0.15, 0.2) is 5.82 Å². The summed E-state index contributed by atoms with van der Waals surface area (Å²) >= 11 is 5.92. The summed E-state index contributed by atoms with van der Waals surface area (Å²) in [5.74, 6) is -0.890. The number of hydrogen-bond donors (Lipinski definition) is 2. The molecule has 0 saturated carbocycles. The minimum atomic E-state index is -0.870. The maximum absolute atomic E-state index is 14.8. The minimum Gasteiger partial charge on any atom is -0.340 e. The molecule has 4 aromatic rings. The average Bonchev–Trinajstić information content (AvgIpc) is 3.03. The topological polar surface area (TPSA) is 100 Å². The highest BCUT2D eigenvalue weighted by atomic mass is 35.5. The van der Waals surface area contributed by atoms with Crippen molar-refractivity contribution in [3.05, 3.63) is 101 Å². The number of hydrogen-bond acceptors (Lipinski definition) is 6. The molecule has 1 aliphatic heterocycles. The minimum absolute atomic E-state index is 0.198. The summed E-state index contributed by atoms with van der Waals surface area (Å²) in [7, 11) is 0. The Morgan fingerprint density at radius 3 is 2.62 bits per heavy atom. The predicted octanol–water partition coefficient (Wildman–Crippen LogP) is 7.97. The van der Waals surface area contributed by atoms with Crippen LogP contribution in [0, 0.1) is 17.6 Å². The van der Waals surface area contributed by atoms with Crippen LogP contribution in [-0.4, -0.2) is 38.7 Å². The van der Waals surface area contributed by atoms with E-state index in [2.05, 4.69) is 39.4 Å². The van der Waals surface area contributed by atoms with Gasteiger partial charge in [-0.3, -0.25) is 14.6 Å². The van der Waals surface area contributed by atoms with Crippen molar-refractivity contribution in [1.29, 1.82) is 0 Å². The third-order valence-corrected chi connectivity index (χ3v) is 8.02. The first-order valence-corrected chi connectivity index (χ1v) is 15.1. The number of pyridine rings is 1. The van der Waals surface area contributed by atoms with Crippen LogP contribution in [0.2, 0.25) is 5.02 Å². The Morgan fingerprint density at radius 2 is 1.89 bits per heavy atom. The second kappa shape index (κ2) is 14.4. The van der Waals surface area contributed by atoms with Gasteiger partial charge < -0.3 is 15.5 Å². The van der Waals surface area contributed by atoms with Crippen LogP contribution in [-0.2, 0) is 9.59 Å². The number of carbonyl (C=O) groups excluding carboxylic acids is 2. The standard InChI is InChI=1S/C34H33ClF2N6O2/c1-21(2)4-3-5-30(43-15-12-23(17-32(43)45)33-27(36)9-8-26(35)34(33)37)29-16-22(10-14-39-29)25-7-6-24(18-28(25)41-20-44)42-31-11-13-38-19-40-31/h6-11,13-14,16-21,30H,3-5,12,15H2,1-2H3,(H,41,44)(H,38,40,42)/t30-/m0/s1. The third-order valence-electron chi connectivity index (χ3n) is 7.73. The zero-order valence-electron chi connectivity index (χ0n) is 24.9. The lowest BCUT2D eigenvalue weighted by Crippen LogP contribution is -2.38. The van der Waals surface area contributed by atoms with E-state index in [-0.39, 0.29) is 41.1 Å². The van der Waals surface area contributed by atoms with Gasteiger partial charge in [-0.1, -0.05) is 44.4 Å². The molecule has 1 atom stereocenters. The molecular weight excluding hydrogens is 598 g/mol. The summed E-state index contributed by atoms with van der Waals surface area (Å²) in [4.78, 5) is 39.6. The smallest absolute Gasteiger partial charge is 0.247 e. The summed E-state index contributed by atoms with van der Waals surface area (Å²) in [6.45, 7) is 4.55. The largest absolute Gasteiger partial charge is 0.340 e. The fourth-order valence-corrected chi connectivity index (χ4v) is 5.69. The Labute approximate surface area is 265 Å². The van der Waals surface area contributed by atoms with Gasteiger partial charge in [0.05, 0.1) is 28.0 Å². The molecule has 232 valence electrons. The van der Waals surface area contributed by atoms with Crippen molar-refractivity contribution in [2.24, 2.45) is 5.92 Å². The van der Waals surface area contributed by atoms with Gasteiger partial charge in [0.1, 0.15) is 18.0 Å². The zero-order chi connectivity index (χ0) is 31.9. The van der Waals surface area contributed by atoms with E-state index in [4.69, 9.17) is 11.6 Å². The molecular formula is C34H33ClF2N6O2. The summed E-state index contributed by atoms with van der Waals surface area (Å²) < 4.78 is 29.4. The molecule has 2 amide bonds. The van der Waals surface area contributed by atoms with E-state index in [0.717, 1.165) is 41.8 Å². The molecule has 0 spiro atoms. The highest BCUT2D eigenvalue weighted by molar-refractivity contribution is 6.31. The number of nitrogens with zero attached hydrogens (tertiary/aromatic N) is 4. The van der Waals surface area contributed by atoms with Crippen LogP contribution in [0.25, 0.3) is 16.7 Å². The highest BCUT2D eigenvalue weighted by Gasteiger charge is 2.30. The third kappa shape index (κ3) is 7.51. The number of benzene rings is 2. The van der Waals surface area contributed by atoms with Crippen LogP contribution >= 0.6 is 11.6 Å². The number of halogens is 3. The molecule has 0 aliphatic carbocycles. The van der Waals surface area contributed by atoms with Crippen molar-refractivity contribution in [2.75, 3.05) is 17.2 Å². The van der Waals surface area contributed by atoms with E-state index in [9.17, 15) is 18.4 Å². The van der Waals surface area contributed by atoms with Crippen LogP contribution in [0.4, 0.5) is 26.0 Å². The first-order chi connectivity index (χ1) is 21.7. The summed E-state index contributed by atoms with van der Waals surface area (Å²) in [5, 5.41) is 5.78. The number of carbonyl (C=O) groups is 2. The molecule has 3 heterocycles. The molecule has 45 heavy (non-hydrogen) atoms.